The van der Waals surface area contributed by atoms with Crippen molar-refractivity contribution in [1.82, 2.24) is 25.3 Å². The Morgan fingerprint density at radius 1 is 0.604 bits per heavy atom. The smallest absolute Gasteiger partial charge is 0.407 e. The van der Waals surface area contributed by atoms with Crippen molar-refractivity contribution in [2.45, 2.75) is 118 Å². The van der Waals surface area contributed by atoms with E-state index >= 15 is 0 Å². The first-order chi connectivity index (χ1) is 45.5. The van der Waals surface area contributed by atoms with Gasteiger partial charge < -0.3 is 69.9 Å². The molecule has 4 heterocycles. The number of aliphatic hydroxyl groups is 1. The van der Waals surface area contributed by atoms with E-state index in [-0.39, 0.29) is 47.5 Å². The lowest BCUT2D eigenvalue weighted by Gasteiger charge is -2.24. The molecule has 0 fully saturated rings. The summed E-state index contributed by atoms with van der Waals surface area (Å²) in [5, 5.41) is 12.0. The van der Waals surface area contributed by atoms with Crippen LogP contribution in [0.2, 0.25) is 0 Å². The number of ether oxygens (including phenoxy) is 5. The molecule has 8 N–H and O–H groups in total. The lowest BCUT2D eigenvalue weighted by atomic mass is 9.82. The Morgan fingerprint density at radius 3 is 1.42 bits per heavy atom. The summed E-state index contributed by atoms with van der Waals surface area (Å²) in [5.41, 5.74) is 26.5. The van der Waals surface area contributed by atoms with E-state index in [1.807, 2.05) is 109 Å². The van der Waals surface area contributed by atoms with Crippen LogP contribution in [-0.2, 0) is 60.9 Å². The van der Waals surface area contributed by atoms with Crippen LogP contribution in [0.25, 0.3) is 44.5 Å². The number of aliphatic hydroxyl groups excluding tert-OH is 1. The fourth-order valence-electron chi connectivity index (χ4n) is 10.3. The van der Waals surface area contributed by atoms with Crippen molar-refractivity contribution in [2.75, 3.05) is 61.7 Å². The molecule has 4 aromatic heterocycles. The molecule has 2 aliphatic rings. The number of hydrogen-bond donors (Lipinski definition) is 5. The minimum atomic E-state index is -0.710. The van der Waals surface area contributed by atoms with Crippen LogP contribution >= 0.6 is 0 Å². The van der Waals surface area contributed by atoms with E-state index < -0.39 is 29.2 Å². The maximum absolute atomic E-state index is 12.5. The van der Waals surface area contributed by atoms with Gasteiger partial charge in [0.1, 0.15) is 65.7 Å². The molecule has 0 unspecified atom stereocenters. The fraction of sp³-hybridized carbons (Fsp3) is 0.329. The van der Waals surface area contributed by atoms with Crippen LogP contribution in [0.3, 0.4) is 0 Å². The van der Waals surface area contributed by atoms with Crippen molar-refractivity contribution < 1.29 is 52.0 Å². The number of amides is 1. The van der Waals surface area contributed by atoms with E-state index in [0.717, 1.165) is 72.8 Å². The zero-order chi connectivity index (χ0) is 69.7. The second-order valence-electron chi connectivity index (χ2n) is 25.8. The van der Waals surface area contributed by atoms with Crippen LogP contribution in [0.4, 0.5) is 27.8 Å². The number of anilines is 4. The first-order valence-corrected chi connectivity index (χ1v) is 30.9. The Hall–Kier alpha value is -11.0. The van der Waals surface area contributed by atoms with Gasteiger partial charge in [-0.2, -0.15) is 9.97 Å². The number of hydrogen-bond acceptors (Lipinski definition) is 20. The normalized spacial score (nSPS) is 13.1. The van der Waals surface area contributed by atoms with Crippen LogP contribution in [0.5, 0.6) is 12.0 Å². The zero-order valence-electron chi connectivity index (χ0n) is 56.2. The number of alkyl carbamates (subject to hydrolysis) is 1. The SMILES string of the molecule is NCc1ccc(COc2nccc(N)n2)cc1.[C-]#[N+]/C(=C\c1cc2c(o1)-c1ccc(N(C)CCO)cc1C2(C)C)C(=O)OC(C)(C)C.[C-]#[N+]/C(=C\c1cc2c(o1)-c1ccc(N(C)CCOC(=O)NCc3ccc(COc4nccc(N)n4)cc3)cc1C2(C)C)C(=O)OC(C)(C)C. The predicted octanol–water partition coefficient (Wildman–Crippen LogP) is 12.2. The highest BCUT2D eigenvalue weighted by Crippen LogP contribution is 2.53. The van der Waals surface area contributed by atoms with Crippen LogP contribution in [0, 0.1) is 13.1 Å². The molecular weight excluding hydrogens is 1220 g/mol. The molecule has 0 aliphatic heterocycles. The predicted molar refractivity (Wildman–Crippen MR) is 368 cm³/mol. The molecule has 0 saturated carbocycles. The lowest BCUT2D eigenvalue weighted by Crippen LogP contribution is -2.29. The summed E-state index contributed by atoms with van der Waals surface area (Å²) in [7, 11) is 3.89. The van der Waals surface area contributed by atoms with Gasteiger partial charge in [0.25, 0.3) is 11.4 Å². The first-order valence-electron chi connectivity index (χ1n) is 30.9. The summed E-state index contributed by atoms with van der Waals surface area (Å²) < 4.78 is 39.3. The number of nitrogens with one attached hydrogen (secondary N) is 1. The number of rotatable bonds is 20. The molecule has 8 aromatic rings. The summed E-state index contributed by atoms with van der Waals surface area (Å²) in [6, 6.07) is 35.2. The Bertz CT molecular complexity index is 4240. The number of nitrogens with two attached hydrogens (primary N) is 3. The highest BCUT2D eigenvalue weighted by molar-refractivity contribution is 5.96. The van der Waals surface area contributed by atoms with Gasteiger partial charge in [0.2, 0.25) is 0 Å². The van der Waals surface area contributed by atoms with E-state index in [1.165, 1.54) is 18.3 Å². The van der Waals surface area contributed by atoms with E-state index in [1.54, 1.807) is 59.9 Å². The minimum Gasteiger partial charge on any atom is -0.465 e. The van der Waals surface area contributed by atoms with Gasteiger partial charge in [-0.3, -0.25) is 9.59 Å². The molecule has 1 amide bonds. The van der Waals surface area contributed by atoms with Crippen molar-refractivity contribution >= 4 is 53.2 Å². The van der Waals surface area contributed by atoms with E-state index in [9.17, 15) is 19.5 Å². The second-order valence-corrected chi connectivity index (χ2v) is 25.8. The third kappa shape index (κ3) is 18.2. The van der Waals surface area contributed by atoms with E-state index in [2.05, 4.69) is 74.8 Å². The number of esters is 2. The number of fused-ring (bicyclic) bond motifs is 6. The van der Waals surface area contributed by atoms with Gasteiger partial charge in [0, 0.05) is 90.6 Å². The van der Waals surface area contributed by atoms with E-state index in [4.69, 9.17) is 62.9 Å². The van der Waals surface area contributed by atoms with Crippen LogP contribution in [0.15, 0.2) is 142 Å². The lowest BCUT2D eigenvalue weighted by molar-refractivity contribution is -0.150. The molecule has 4 aromatic carbocycles. The third-order valence-electron chi connectivity index (χ3n) is 15.4. The van der Waals surface area contributed by atoms with Gasteiger partial charge in [0.15, 0.2) is 0 Å². The number of aromatic nitrogens is 4. The van der Waals surface area contributed by atoms with Crippen molar-refractivity contribution in [2.24, 2.45) is 5.73 Å². The Kier molecular flexibility index (Phi) is 22.4. The molecular formula is C73H82N12O11. The molecule has 0 atom stereocenters. The van der Waals surface area contributed by atoms with Crippen molar-refractivity contribution in [3.8, 4) is 34.7 Å². The molecule has 2 aliphatic carbocycles. The number of carbonyl (C=O) groups excluding carboxylic acids is 3. The Morgan fingerprint density at radius 2 is 1.02 bits per heavy atom. The van der Waals surface area contributed by atoms with Crippen LogP contribution in [-0.4, -0.2) is 94.7 Å². The van der Waals surface area contributed by atoms with E-state index in [0.29, 0.717) is 68.3 Å². The molecule has 23 nitrogen and oxygen atoms in total. The summed E-state index contributed by atoms with van der Waals surface area (Å²) in [6.07, 6.45) is 5.47. The summed E-state index contributed by atoms with van der Waals surface area (Å²) in [6.45, 7) is 36.7. The zero-order valence-corrected chi connectivity index (χ0v) is 56.2. The third-order valence-corrected chi connectivity index (χ3v) is 15.4. The van der Waals surface area contributed by atoms with Crippen LogP contribution < -0.4 is 41.8 Å². The molecule has 0 saturated heterocycles. The van der Waals surface area contributed by atoms with Gasteiger partial charge in [-0.1, -0.05) is 76.2 Å². The van der Waals surface area contributed by atoms with Crippen molar-refractivity contribution in [3.63, 3.8) is 0 Å². The second kappa shape index (κ2) is 30.4. The molecule has 500 valence electrons. The maximum atomic E-state index is 12.5. The average molecular weight is 1300 g/mol. The summed E-state index contributed by atoms with van der Waals surface area (Å²) in [5.74, 6) is 1.73. The van der Waals surface area contributed by atoms with Crippen molar-refractivity contribution in [3.05, 3.63) is 212 Å². The number of carbonyl (C=O) groups is 3. The van der Waals surface area contributed by atoms with Gasteiger partial charge in [-0.15, -0.1) is 0 Å². The number of nitrogen functional groups attached to an aromatic ring is 2. The summed E-state index contributed by atoms with van der Waals surface area (Å²) >= 11 is 0. The average Bonchev–Trinajstić information content (AvgIpc) is 1.58. The van der Waals surface area contributed by atoms with Gasteiger partial charge in [-0.25, -0.2) is 24.5 Å². The monoisotopic (exact) mass is 1300 g/mol. The van der Waals surface area contributed by atoms with Gasteiger partial charge in [-0.05, 0) is 148 Å². The molecule has 0 spiro atoms. The largest absolute Gasteiger partial charge is 0.465 e. The van der Waals surface area contributed by atoms with Crippen molar-refractivity contribution in [1.29, 1.82) is 0 Å². The van der Waals surface area contributed by atoms with Gasteiger partial charge in [0.05, 0.1) is 26.3 Å². The Labute approximate surface area is 559 Å². The molecule has 96 heavy (non-hydrogen) atoms. The molecule has 0 bridgehead atoms. The molecule has 0 radical (unpaired) electrons. The maximum Gasteiger partial charge on any atom is 0.407 e. The van der Waals surface area contributed by atoms with Gasteiger partial charge >= 0.3 is 30.1 Å². The topological polar surface area (TPSA) is 301 Å². The van der Waals surface area contributed by atoms with Crippen LogP contribution in [0.1, 0.15) is 125 Å². The quantitative estimate of drug-likeness (QED) is 0.0205. The summed E-state index contributed by atoms with van der Waals surface area (Å²) in [4.78, 5) is 63.8. The first kappa shape index (κ1) is 70.9. The number of nitrogens with zero attached hydrogens (tertiary/aromatic N) is 8. The number of benzene rings is 4. The highest BCUT2D eigenvalue weighted by atomic mass is 16.6. The Balaban J connectivity index is 0.000000211. The standard InChI is InChI=1S/C37H40N6O6.C24H28N2O4.C12H14N4O/c1-36(2,3)49-33(44)30(39-6)20-26-19-29-32(48-26)27-13-12-25(18-28(27)37(29,4)5)43(7)16-17-46-35(45)41-21-23-8-10-24(11-9-23)22-47-34-40-15-14-31(38)42-34;1-23(2,3)30-22(28)20(25-6)14-16-13-19-21(29-16)17-9-8-15(26(7)10-11-27)12-18(17)24(19,4)5;13-7-9-1-3-10(4-2-9)8-17-12-15-6-5-11(14)16-12/h8-15,18-20H,16-17,21-22H2,1-5,7H3,(H,41,45)(H2,38,40,42);8-9,12-14,27H,10-11H2,1-5,7H3;1-6H,7-8,13H2,(H2,14,15,16)/b30-20-;20-14-;. The molecule has 23 heteroatoms. The molecule has 10 rings (SSSR count). The number of furan rings is 2. The minimum absolute atomic E-state index is 0.0916. The highest BCUT2D eigenvalue weighted by Gasteiger charge is 2.41. The fourth-order valence-corrected chi connectivity index (χ4v) is 10.3. The number of likely N-dealkylation sites (N-methyl/N-ethyl adjacent to an activating group) is 2.